The number of aryl methyl sites for hydroxylation is 3. The summed E-state index contributed by atoms with van der Waals surface area (Å²) in [7, 11) is 1.42. The van der Waals surface area contributed by atoms with E-state index in [1.807, 2.05) is 11.3 Å². The number of thiazole rings is 1. The lowest BCUT2D eigenvalue weighted by molar-refractivity contribution is 0.166. The summed E-state index contributed by atoms with van der Waals surface area (Å²) < 4.78 is 4.71. The van der Waals surface area contributed by atoms with E-state index in [1.54, 1.807) is 0 Å². The molecule has 0 bridgehead atoms. The number of alkyl carbamates (subject to hydrolysis) is 1. The van der Waals surface area contributed by atoms with Crippen LogP contribution in [0.15, 0.2) is 18.2 Å². The lowest BCUT2D eigenvalue weighted by Gasteiger charge is -2.19. The Bertz CT molecular complexity index is 784. The highest BCUT2D eigenvalue weighted by Crippen LogP contribution is 2.41. The molecule has 2 aliphatic carbocycles. The zero-order chi connectivity index (χ0) is 16.7. The Morgan fingerprint density at radius 2 is 2.21 bits per heavy atom. The molecule has 126 valence electrons. The monoisotopic (exact) mass is 342 g/mol. The van der Waals surface area contributed by atoms with E-state index >= 15 is 0 Å². The van der Waals surface area contributed by atoms with Gasteiger partial charge in [-0.25, -0.2) is 9.78 Å². The summed E-state index contributed by atoms with van der Waals surface area (Å²) in [5.41, 5.74) is 5.49. The number of nitrogens with one attached hydrogen (secondary N) is 1. The van der Waals surface area contributed by atoms with Crippen LogP contribution in [0.25, 0.3) is 10.4 Å². The number of aromatic nitrogens is 1. The highest BCUT2D eigenvalue weighted by Gasteiger charge is 2.28. The fraction of sp³-hybridized carbons (Fsp3) is 0.474. The molecular formula is C19H22N2O2S. The Morgan fingerprint density at radius 1 is 1.33 bits per heavy atom. The zero-order valence-electron chi connectivity index (χ0n) is 14.1. The minimum atomic E-state index is -0.320. The van der Waals surface area contributed by atoms with Crippen molar-refractivity contribution in [1.82, 2.24) is 10.3 Å². The molecule has 1 N–H and O–H groups in total. The minimum absolute atomic E-state index is 0.231. The van der Waals surface area contributed by atoms with E-state index in [-0.39, 0.29) is 12.1 Å². The first-order valence-corrected chi connectivity index (χ1v) is 9.39. The molecule has 1 aromatic heterocycles. The van der Waals surface area contributed by atoms with Gasteiger partial charge in [-0.15, -0.1) is 11.3 Å². The summed E-state index contributed by atoms with van der Waals surface area (Å²) in [5, 5.41) is 4.10. The number of benzene rings is 1. The van der Waals surface area contributed by atoms with Crippen LogP contribution in [0.5, 0.6) is 0 Å². The molecular weight excluding hydrogens is 320 g/mol. The SMILES string of the molecule is COC(=O)NC1CCC(c2ccc3c(c2)CCc2nc(C)sc2-3)C1. The number of methoxy groups -OCH3 is 1. The van der Waals surface area contributed by atoms with E-state index < -0.39 is 0 Å². The van der Waals surface area contributed by atoms with Gasteiger partial charge in [0.05, 0.1) is 22.7 Å². The van der Waals surface area contributed by atoms with Crippen LogP contribution >= 0.6 is 11.3 Å². The first kappa shape index (κ1) is 15.6. The largest absolute Gasteiger partial charge is 0.453 e. The molecule has 0 aliphatic heterocycles. The number of amides is 1. The van der Waals surface area contributed by atoms with Gasteiger partial charge in [0.25, 0.3) is 0 Å². The van der Waals surface area contributed by atoms with E-state index in [0.717, 1.165) is 37.1 Å². The number of carbonyl (C=O) groups is 1. The molecule has 2 atom stereocenters. The number of ether oxygens (including phenoxy) is 1. The summed E-state index contributed by atoms with van der Waals surface area (Å²) in [4.78, 5) is 17.4. The van der Waals surface area contributed by atoms with E-state index in [0.29, 0.717) is 5.92 Å². The van der Waals surface area contributed by atoms with E-state index in [9.17, 15) is 4.79 Å². The number of nitrogens with zero attached hydrogens (tertiary/aromatic N) is 1. The molecule has 1 saturated carbocycles. The third-order valence-electron chi connectivity index (χ3n) is 5.22. The average Bonchev–Trinajstić information content (AvgIpc) is 3.19. The highest BCUT2D eigenvalue weighted by atomic mass is 32.1. The Labute approximate surface area is 146 Å². The van der Waals surface area contributed by atoms with Crippen LogP contribution in [0, 0.1) is 6.92 Å². The number of hydrogen-bond donors (Lipinski definition) is 1. The van der Waals surface area contributed by atoms with E-state index in [4.69, 9.17) is 4.74 Å². The molecule has 5 heteroatoms. The van der Waals surface area contributed by atoms with Gasteiger partial charge in [0.15, 0.2) is 0 Å². The van der Waals surface area contributed by atoms with Crippen molar-refractivity contribution in [1.29, 1.82) is 0 Å². The maximum Gasteiger partial charge on any atom is 0.407 e. The van der Waals surface area contributed by atoms with Crippen molar-refractivity contribution in [2.24, 2.45) is 0 Å². The molecule has 1 aromatic carbocycles. The van der Waals surface area contributed by atoms with Gasteiger partial charge in [-0.2, -0.15) is 0 Å². The van der Waals surface area contributed by atoms with Crippen molar-refractivity contribution in [2.75, 3.05) is 7.11 Å². The first-order valence-electron chi connectivity index (χ1n) is 8.58. The Kier molecular flexibility index (Phi) is 4.04. The molecule has 4 rings (SSSR count). The van der Waals surface area contributed by atoms with Gasteiger partial charge < -0.3 is 10.1 Å². The van der Waals surface area contributed by atoms with Crippen LogP contribution in [0.4, 0.5) is 4.79 Å². The summed E-state index contributed by atoms with van der Waals surface area (Å²) in [5.74, 6) is 0.530. The minimum Gasteiger partial charge on any atom is -0.453 e. The summed E-state index contributed by atoms with van der Waals surface area (Å²) in [6, 6.07) is 7.17. The molecule has 24 heavy (non-hydrogen) atoms. The van der Waals surface area contributed by atoms with Crippen molar-refractivity contribution in [2.45, 2.75) is 51.0 Å². The lowest BCUT2D eigenvalue weighted by atomic mass is 9.88. The second-order valence-corrected chi connectivity index (χ2v) is 7.97. The molecule has 1 heterocycles. The number of rotatable bonds is 2. The maximum atomic E-state index is 11.4. The summed E-state index contributed by atoms with van der Waals surface area (Å²) >= 11 is 1.81. The van der Waals surface area contributed by atoms with Crippen LogP contribution in [-0.2, 0) is 17.6 Å². The third kappa shape index (κ3) is 2.81. The molecule has 0 spiro atoms. The molecule has 2 aromatic rings. The molecule has 0 saturated heterocycles. The van der Waals surface area contributed by atoms with Gasteiger partial charge in [-0.1, -0.05) is 18.2 Å². The summed E-state index contributed by atoms with van der Waals surface area (Å²) in [6.45, 7) is 2.09. The van der Waals surface area contributed by atoms with Gasteiger partial charge in [0.2, 0.25) is 0 Å². The maximum absolute atomic E-state index is 11.4. The molecule has 2 unspecified atom stereocenters. The van der Waals surface area contributed by atoms with Gasteiger partial charge in [0.1, 0.15) is 0 Å². The summed E-state index contributed by atoms with van der Waals surface area (Å²) in [6.07, 6.45) is 4.95. The highest BCUT2D eigenvalue weighted by molar-refractivity contribution is 7.15. The topological polar surface area (TPSA) is 51.2 Å². The molecule has 0 radical (unpaired) electrons. The third-order valence-corrected chi connectivity index (χ3v) is 6.27. The average molecular weight is 342 g/mol. The van der Waals surface area contributed by atoms with Gasteiger partial charge >= 0.3 is 6.09 Å². The quantitative estimate of drug-likeness (QED) is 0.889. The second-order valence-electron chi connectivity index (χ2n) is 6.77. The van der Waals surface area contributed by atoms with Crippen LogP contribution in [0.3, 0.4) is 0 Å². The van der Waals surface area contributed by atoms with E-state index in [2.05, 4.69) is 35.4 Å². The Morgan fingerprint density at radius 3 is 3.04 bits per heavy atom. The van der Waals surface area contributed by atoms with Gasteiger partial charge in [-0.05, 0) is 61.6 Å². The predicted molar refractivity (Wildman–Crippen MR) is 95.6 cm³/mol. The standard InChI is InChI=1S/C19H22N2O2S/c1-11-20-17-8-5-14-9-12(4-7-16(14)18(17)24-11)13-3-6-15(10-13)21-19(22)23-2/h4,7,9,13,15H,3,5-6,8,10H2,1-2H3,(H,21,22). The molecule has 4 nitrogen and oxygen atoms in total. The lowest BCUT2D eigenvalue weighted by Crippen LogP contribution is -2.32. The van der Waals surface area contributed by atoms with Crippen LogP contribution in [0.1, 0.15) is 47.0 Å². The number of fused-ring (bicyclic) bond motifs is 3. The molecule has 2 aliphatic rings. The van der Waals surface area contributed by atoms with E-state index in [1.165, 1.54) is 34.4 Å². The van der Waals surface area contributed by atoms with Gasteiger partial charge in [0, 0.05) is 6.04 Å². The van der Waals surface area contributed by atoms with Crippen molar-refractivity contribution < 1.29 is 9.53 Å². The second kappa shape index (κ2) is 6.20. The van der Waals surface area contributed by atoms with Crippen LogP contribution < -0.4 is 5.32 Å². The van der Waals surface area contributed by atoms with Crippen LogP contribution in [0.2, 0.25) is 0 Å². The van der Waals surface area contributed by atoms with Crippen molar-refractivity contribution >= 4 is 17.4 Å². The molecule has 1 fully saturated rings. The fourth-order valence-corrected chi connectivity index (χ4v) is 5.07. The Balaban J connectivity index is 1.54. The van der Waals surface area contributed by atoms with Crippen molar-refractivity contribution in [3.05, 3.63) is 40.0 Å². The molecule has 1 amide bonds. The number of hydrogen-bond acceptors (Lipinski definition) is 4. The zero-order valence-corrected chi connectivity index (χ0v) is 14.9. The predicted octanol–water partition coefficient (Wildman–Crippen LogP) is 4.21. The Hall–Kier alpha value is -1.88. The van der Waals surface area contributed by atoms with Crippen molar-refractivity contribution in [3.8, 4) is 10.4 Å². The smallest absolute Gasteiger partial charge is 0.407 e. The number of carbonyl (C=O) groups excluding carboxylic acids is 1. The normalized spacial score (nSPS) is 21.9. The van der Waals surface area contributed by atoms with Crippen molar-refractivity contribution in [3.63, 3.8) is 0 Å². The van der Waals surface area contributed by atoms with Crippen LogP contribution in [-0.4, -0.2) is 24.2 Å². The fourth-order valence-electron chi connectivity index (χ4n) is 4.04. The first-order chi connectivity index (χ1) is 11.6. The van der Waals surface area contributed by atoms with Gasteiger partial charge in [-0.3, -0.25) is 0 Å².